The summed E-state index contributed by atoms with van der Waals surface area (Å²) in [4.78, 5) is 0. The van der Waals surface area contributed by atoms with Crippen molar-refractivity contribution in [2.45, 2.75) is 52.5 Å². The fraction of sp³-hybridized carbons (Fsp3) is 1.00. The Kier molecular flexibility index (Phi) is 5.62. The van der Waals surface area contributed by atoms with E-state index in [0.29, 0.717) is 12.6 Å². The van der Waals surface area contributed by atoms with Gasteiger partial charge in [0.05, 0.1) is 5.75 Å². The van der Waals surface area contributed by atoms with E-state index in [1.165, 1.54) is 23.6 Å². The summed E-state index contributed by atoms with van der Waals surface area (Å²) in [5, 5.41) is 3.45. The summed E-state index contributed by atoms with van der Waals surface area (Å²) in [7, 11) is -1.41. The molecule has 0 aromatic heterocycles. The molecule has 1 saturated heterocycles. The van der Waals surface area contributed by atoms with E-state index < -0.39 is 10.0 Å². The molecule has 18 heavy (non-hydrogen) atoms. The van der Waals surface area contributed by atoms with Gasteiger partial charge in [-0.1, -0.05) is 27.2 Å². The SMILES string of the molecule is CN(CCC1CCCCN1)S(=O)(=O)CC(C)(C)C. The molecule has 0 aromatic rings. The van der Waals surface area contributed by atoms with Gasteiger partial charge in [0.15, 0.2) is 0 Å². The van der Waals surface area contributed by atoms with E-state index in [-0.39, 0.29) is 11.2 Å². The average molecular weight is 276 g/mol. The van der Waals surface area contributed by atoms with E-state index in [1.807, 2.05) is 20.8 Å². The van der Waals surface area contributed by atoms with Crippen LogP contribution in [-0.2, 0) is 10.0 Å². The maximum atomic E-state index is 12.1. The number of nitrogens with one attached hydrogen (secondary N) is 1. The zero-order chi connectivity index (χ0) is 13.8. The van der Waals surface area contributed by atoms with Crippen LogP contribution in [0.1, 0.15) is 46.5 Å². The first-order chi connectivity index (χ1) is 8.21. The van der Waals surface area contributed by atoms with Gasteiger partial charge >= 0.3 is 0 Å². The summed E-state index contributed by atoms with van der Waals surface area (Å²) < 4.78 is 25.8. The summed E-state index contributed by atoms with van der Waals surface area (Å²) in [5.74, 6) is 0.217. The Morgan fingerprint density at radius 2 is 1.94 bits per heavy atom. The number of nitrogens with zero attached hydrogens (tertiary/aromatic N) is 1. The topological polar surface area (TPSA) is 49.4 Å². The standard InChI is InChI=1S/C13H28N2O2S/c1-13(2,3)11-18(16,17)15(4)10-8-12-7-5-6-9-14-12/h12,14H,5-11H2,1-4H3. The molecule has 0 spiro atoms. The van der Waals surface area contributed by atoms with Gasteiger partial charge in [-0.2, -0.15) is 0 Å². The number of sulfonamides is 1. The van der Waals surface area contributed by atoms with Gasteiger partial charge in [0.25, 0.3) is 0 Å². The Bertz CT molecular complexity index is 340. The van der Waals surface area contributed by atoms with Crippen molar-refractivity contribution in [3.63, 3.8) is 0 Å². The van der Waals surface area contributed by atoms with Crippen LogP contribution < -0.4 is 5.32 Å². The molecule has 0 saturated carbocycles. The highest BCUT2D eigenvalue weighted by Crippen LogP contribution is 2.19. The summed E-state index contributed by atoms with van der Waals surface area (Å²) >= 11 is 0. The quantitative estimate of drug-likeness (QED) is 0.833. The molecule has 0 aliphatic carbocycles. The minimum absolute atomic E-state index is 0.184. The molecular formula is C13H28N2O2S. The van der Waals surface area contributed by atoms with Gasteiger partial charge < -0.3 is 5.32 Å². The van der Waals surface area contributed by atoms with Crippen molar-refractivity contribution in [3.8, 4) is 0 Å². The third-order valence-electron chi connectivity index (χ3n) is 3.30. The molecule has 1 atom stereocenters. The molecule has 1 N–H and O–H groups in total. The van der Waals surface area contributed by atoms with E-state index in [1.54, 1.807) is 7.05 Å². The lowest BCUT2D eigenvalue weighted by Crippen LogP contribution is -2.39. The van der Waals surface area contributed by atoms with Gasteiger partial charge in [-0.3, -0.25) is 0 Å². The van der Waals surface area contributed by atoms with Crippen LogP contribution in [0.5, 0.6) is 0 Å². The summed E-state index contributed by atoms with van der Waals surface area (Å²) in [6, 6.07) is 0.492. The van der Waals surface area contributed by atoms with Crippen LogP contribution in [0, 0.1) is 5.41 Å². The molecule has 1 aliphatic heterocycles. The van der Waals surface area contributed by atoms with Crippen LogP contribution in [0.3, 0.4) is 0 Å². The monoisotopic (exact) mass is 276 g/mol. The first kappa shape index (κ1) is 15.9. The van der Waals surface area contributed by atoms with Crippen LogP contribution in [0.15, 0.2) is 0 Å². The highest BCUT2D eigenvalue weighted by molar-refractivity contribution is 7.89. The maximum Gasteiger partial charge on any atom is 0.214 e. The molecule has 0 radical (unpaired) electrons. The Balaban J connectivity index is 2.41. The smallest absolute Gasteiger partial charge is 0.214 e. The molecule has 1 unspecified atom stereocenters. The Hall–Kier alpha value is -0.130. The van der Waals surface area contributed by atoms with Crippen LogP contribution in [-0.4, -0.2) is 44.7 Å². The Morgan fingerprint density at radius 3 is 2.44 bits per heavy atom. The second kappa shape index (κ2) is 6.35. The van der Waals surface area contributed by atoms with Gasteiger partial charge in [0, 0.05) is 19.6 Å². The predicted molar refractivity (Wildman–Crippen MR) is 76.1 cm³/mol. The van der Waals surface area contributed by atoms with Crippen molar-refractivity contribution in [2.75, 3.05) is 25.9 Å². The molecule has 1 heterocycles. The van der Waals surface area contributed by atoms with Gasteiger partial charge in [-0.05, 0) is 31.2 Å². The van der Waals surface area contributed by atoms with E-state index in [9.17, 15) is 8.42 Å². The zero-order valence-electron chi connectivity index (χ0n) is 12.2. The lowest BCUT2D eigenvalue weighted by atomic mass is 10.0. The number of hydrogen-bond acceptors (Lipinski definition) is 3. The number of piperidine rings is 1. The van der Waals surface area contributed by atoms with Crippen LogP contribution in [0.2, 0.25) is 0 Å². The normalized spacial score (nSPS) is 22.4. The minimum atomic E-state index is -3.11. The Morgan fingerprint density at radius 1 is 1.28 bits per heavy atom. The van der Waals surface area contributed by atoms with Gasteiger partial charge in [0.1, 0.15) is 0 Å². The van der Waals surface area contributed by atoms with E-state index in [2.05, 4.69) is 5.32 Å². The minimum Gasteiger partial charge on any atom is -0.314 e. The van der Waals surface area contributed by atoms with Gasteiger partial charge in [-0.25, -0.2) is 12.7 Å². The molecule has 0 amide bonds. The third-order valence-corrected chi connectivity index (χ3v) is 5.66. The van der Waals surface area contributed by atoms with E-state index in [4.69, 9.17) is 0 Å². The molecular weight excluding hydrogens is 248 g/mol. The molecule has 0 bridgehead atoms. The largest absolute Gasteiger partial charge is 0.314 e. The number of hydrogen-bond donors (Lipinski definition) is 1. The highest BCUT2D eigenvalue weighted by Gasteiger charge is 2.26. The fourth-order valence-corrected chi connectivity index (χ4v) is 4.00. The second-order valence-electron chi connectivity index (χ2n) is 6.57. The van der Waals surface area contributed by atoms with Crippen LogP contribution in [0.25, 0.3) is 0 Å². The maximum absolute atomic E-state index is 12.1. The molecule has 4 nitrogen and oxygen atoms in total. The van der Waals surface area contributed by atoms with Crippen LogP contribution >= 0.6 is 0 Å². The molecule has 108 valence electrons. The first-order valence-electron chi connectivity index (χ1n) is 6.88. The lowest BCUT2D eigenvalue weighted by molar-refractivity contribution is 0.348. The molecule has 1 fully saturated rings. The summed E-state index contributed by atoms with van der Waals surface area (Å²) in [6.07, 6.45) is 4.60. The van der Waals surface area contributed by atoms with Crippen LogP contribution in [0.4, 0.5) is 0 Å². The fourth-order valence-electron chi connectivity index (χ4n) is 2.30. The van der Waals surface area contributed by atoms with Crippen molar-refractivity contribution < 1.29 is 8.42 Å². The number of rotatable bonds is 5. The average Bonchev–Trinajstić information content (AvgIpc) is 2.24. The molecule has 0 aromatic carbocycles. The predicted octanol–water partition coefficient (Wildman–Crippen LogP) is 1.83. The van der Waals surface area contributed by atoms with Crippen molar-refractivity contribution in [1.29, 1.82) is 0 Å². The summed E-state index contributed by atoms with van der Waals surface area (Å²) in [6.45, 7) is 7.57. The molecule has 1 aliphatic rings. The lowest BCUT2D eigenvalue weighted by Gasteiger charge is -2.27. The van der Waals surface area contributed by atoms with Crippen molar-refractivity contribution >= 4 is 10.0 Å². The molecule has 1 rings (SSSR count). The summed E-state index contributed by atoms with van der Waals surface area (Å²) in [5.41, 5.74) is -0.184. The van der Waals surface area contributed by atoms with E-state index in [0.717, 1.165) is 13.0 Å². The van der Waals surface area contributed by atoms with Gasteiger partial charge in [0.2, 0.25) is 10.0 Å². The van der Waals surface area contributed by atoms with Gasteiger partial charge in [-0.15, -0.1) is 0 Å². The second-order valence-corrected chi connectivity index (χ2v) is 8.65. The first-order valence-corrected chi connectivity index (χ1v) is 8.49. The van der Waals surface area contributed by atoms with E-state index >= 15 is 0 Å². The third kappa shape index (κ3) is 5.67. The zero-order valence-corrected chi connectivity index (χ0v) is 13.0. The van der Waals surface area contributed by atoms with Crippen molar-refractivity contribution in [3.05, 3.63) is 0 Å². The molecule has 5 heteroatoms. The van der Waals surface area contributed by atoms with Crippen molar-refractivity contribution in [1.82, 2.24) is 9.62 Å². The Labute approximate surface area is 112 Å². The highest BCUT2D eigenvalue weighted by atomic mass is 32.2. The van der Waals surface area contributed by atoms with Crippen molar-refractivity contribution in [2.24, 2.45) is 5.41 Å².